The fourth-order valence-corrected chi connectivity index (χ4v) is 3.17. The molecule has 1 aliphatic rings. The van der Waals surface area contributed by atoms with E-state index in [1.165, 1.54) is 5.56 Å². The Hall–Kier alpha value is -2.53. The van der Waals surface area contributed by atoms with Crippen LogP contribution in [0.5, 0.6) is 11.5 Å². The van der Waals surface area contributed by atoms with Crippen molar-refractivity contribution in [2.24, 2.45) is 5.73 Å². The highest BCUT2D eigenvalue weighted by atomic mass is 16.5. The third kappa shape index (κ3) is 4.31. The second kappa shape index (κ2) is 8.03. The van der Waals surface area contributed by atoms with Gasteiger partial charge < -0.3 is 20.1 Å². The lowest BCUT2D eigenvalue weighted by Gasteiger charge is -2.16. The number of hydrogen-bond acceptors (Lipinski definition) is 4. The van der Waals surface area contributed by atoms with Crippen molar-refractivity contribution < 1.29 is 14.3 Å². The maximum absolute atomic E-state index is 12.4. The Kier molecular flexibility index (Phi) is 5.56. The first-order valence-corrected chi connectivity index (χ1v) is 8.52. The van der Waals surface area contributed by atoms with Crippen LogP contribution in [0.2, 0.25) is 0 Å². The molecular weight excluding hydrogens is 316 g/mol. The van der Waals surface area contributed by atoms with Gasteiger partial charge in [-0.2, -0.15) is 0 Å². The third-order valence-corrected chi connectivity index (χ3v) is 4.59. The molecule has 0 aliphatic carbocycles. The SMILES string of the molecule is COc1ccc(OCCC(=O)N2C[C@@H](N)[C@H](c3ccccc3)C2)cc1. The molecule has 2 N–H and O–H groups in total. The van der Waals surface area contributed by atoms with E-state index in [2.05, 4.69) is 12.1 Å². The zero-order valence-electron chi connectivity index (χ0n) is 14.4. The number of carbonyl (C=O) groups excluding carboxylic acids is 1. The van der Waals surface area contributed by atoms with Crippen LogP contribution in [0.25, 0.3) is 0 Å². The normalized spacial score (nSPS) is 19.7. The summed E-state index contributed by atoms with van der Waals surface area (Å²) in [5.41, 5.74) is 7.44. The number of nitrogens with zero attached hydrogens (tertiary/aromatic N) is 1. The lowest BCUT2D eigenvalue weighted by atomic mass is 9.95. The van der Waals surface area contributed by atoms with Gasteiger partial charge in [-0.1, -0.05) is 30.3 Å². The predicted molar refractivity (Wildman–Crippen MR) is 96.8 cm³/mol. The van der Waals surface area contributed by atoms with Crippen LogP contribution in [0.15, 0.2) is 54.6 Å². The number of benzene rings is 2. The highest BCUT2D eigenvalue weighted by molar-refractivity contribution is 5.77. The van der Waals surface area contributed by atoms with Gasteiger partial charge in [0.05, 0.1) is 20.1 Å². The lowest BCUT2D eigenvalue weighted by molar-refractivity contribution is -0.130. The van der Waals surface area contributed by atoms with Crippen molar-refractivity contribution in [1.29, 1.82) is 0 Å². The average molecular weight is 340 g/mol. The number of rotatable bonds is 6. The molecule has 0 bridgehead atoms. The van der Waals surface area contributed by atoms with Gasteiger partial charge in [-0.15, -0.1) is 0 Å². The number of ether oxygens (including phenoxy) is 2. The van der Waals surface area contributed by atoms with E-state index in [1.807, 2.05) is 47.4 Å². The van der Waals surface area contributed by atoms with Crippen LogP contribution in [-0.4, -0.2) is 43.7 Å². The highest BCUT2D eigenvalue weighted by Crippen LogP contribution is 2.26. The summed E-state index contributed by atoms with van der Waals surface area (Å²) in [7, 11) is 1.62. The van der Waals surface area contributed by atoms with Crippen LogP contribution in [0.1, 0.15) is 17.9 Å². The Balaban J connectivity index is 1.48. The van der Waals surface area contributed by atoms with Gasteiger partial charge >= 0.3 is 0 Å². The quantitative estimate of drug-likeness (QED) is 0.877. The minimum absolute atomic E-state index is 0.0196. The van der Waals surface area contributed by atoms with E-state index in [0.29, 0.717) is 26.1 Å². The first-order chi connectivity index (χ1) is 12.2. The molecule has 2 aromatic rings. The molecule has 3 rings (SSSR count). The summed E-state index contributed by atoms with van der Waals surface area (Å²) >= 11 is 0. The topological polar surface area (TPSA) is 64.8 Å². The van der Waals surface area contributed by atoms with E-state index < -0.39 is 0 Å². The molecule has 5 nitrogen and oxygen atoms in total. The van der Waals surface area contributed by atoms with Crippen LogP contribution in [0.3, 0.4) is 0 Å². The molecule has 0 radical (unpaired) electrons. The van der Waals surface area contributed by atoms with Crippen molar-refractivity contribution in [2.45, 2.75) is 18.4 Å². The number of likely N-dealkylation sites (tertiary alicyclic amines) is 1. The van der Waals surface area contributed by atoms with Gasteiger partial charge in [-0.05, 0) is 29.8 Å². The summed E-state index contributed by atoms with van der Waals surface area (Å²) in [5.74, 6) is 1.80. The zero-order valence-corrected chi connectivity index (χ0v) is 14.4. The molecule has 25 heavy (non-hydrogen) atoms. The monoisotopic (exact) mass is 340 g/mol. The van der Waals surface area contributed by atoms with Crippen molar-refractivity contribution in [2.75, 3.05) is 26.8 Å². The molecule has 1 amide bonds. The van der Waals surface area contributed by atoms with E-state index in [-0.39, 0.29) is 17.9 Å². The van der Waals surface area contributed by atoms with Gasteiger partial charge in [0.15, 0.2) is 0 Å². The molecule has 1 saturated heterocycles. The number of carbonyl (C=O) groups is 1. The maximum Gasteiger partial charge on any atom is 0.226 e. The molecule has 0 unspecified atom stereocenters. The summed E-state index contributed by atoms with van der Waals surface area (Å²) in [5, 5.41) is 0. The minimum atomic E-state index is -0.0196. The molecule has 0 saturated carbocycles. The van der Waals surface area contributed by atoms with Crippen LogP contribution in [-0.2, 0) is 4.79 Å². The standard InChI is InChI=1S/C20H24N2O3/c1-24-16-7-9-17(10-8-16)25-12-11-20(23)22-13-18(19(21)14-22)15-5-3-2-4-6-15/h2-10,18-19H,11-14,21H2,1H3/t18-,19+/m0/s1. The van der Waals surface area contributed by atoms with Crippen molar-refractivity contribution in [1.82, 2.24) is 4.90 Å². The number of nitrogens with two attached hydrogens (primary N) is 1. The third-order valence-electron chi connectivity index (χ3n) is 4.59. The van der Waals surface area contributed by atoms with Gasteiger partial charge in [0.1, 0.15) is 11.5 Å². The Morgan fingerprint density at radius 3 is 2.44 bits per heavy atom. The van der Waals surface area contributed by atoms with Crippen LogP contribution < -0.4 is 15.2 Å². The molecule has 1 aliphatic heterocycles. The molecule has 0 aromatic heterocycles. The second-order valence-electron chi connectivity index (χ2n) is 6.25. The Morgan fingerprint density at radius 1 is 1.08 bits per heavy atom. The first kappa shape index (κ1) is 17.3. The van der Waals surface area contributed by atoms with E-state index >= 15 is 0 Å². The molecule has 132 valence electrons. The highest BCUT2D eigenvalue weighted by Gasteiger charge is 2.33. The van der Waals surface area contributed by atoms with Crippen molar-refractivity contribution in [3.05, 3.63) is 60.2 Å². The summed E-state index contributed by atoms with van der Waals surface area (Å²) < 4.78 is 10.7. The van der Waals surface area contributed by atoms with Crippen molar-refractivity contribution >= 4 is 5.91 Å². The maximum atomic E-state index is 12.4. The fraction of sp³-hybridized carbons (Fsp3) is 0.350. The largest absolute Gasteiger partial charge is 0.497 e. The smallest absolute Gasteiger partial charge is 0.226 e. The molecule has 1 heterocycles. The number of amides is 1. The molecule has 2 aromatic carbocycles. The lowest BCUT2D eigenvalue weighted by Crippen LogP contribution is -2.32. The summed E-state index contributed by atoms with van der Waals surface area (Å²) in [6.45, 7) is 1.63. The van der Waals surface area contributed by atoms with Crippen molar-refractivity contribution in [3.63, 3.8) is 0 Å². The summed E-state index contributed by atoms with van der Waals surface area (Å²) in [4.78, 5) is 14.3. The average Bonchev–Trinajstić information content (AvgIpc) is 3.05. The van der Waals surface area contributed by atoms with Crippen LogP contribution in [0, 0.1) is 0 Å². The van der Waals surface area contributed by atoms with Crippen LogP contribution >= 0.6 is 0 Å². The minimum Gasteiger partial charge on any atom is -0.497 e. The first-order valence-electron chi connectivity index (χ1n) is 8.52. The van der Waals surface area contributed by atoms with Gasteiger partial charge in [0.2, 0.25) is 5.91 Å². The number of methoxy groups -OCH3 is 1. The van der Waals surface area contributed by atoms with Gasteiger partial charge in [-0.25, -0.2) is 0 Å². The van der Waals surface area contributed by atoms with Gasteiger partial charge in [0.25, 0.3) is 0 Å². The molecule has 2 atom stereocenters. The zero-order chi connectivity index (χ0) is 17.6. The van der Waals surface area contributed by atoms with E-state index in [1.54, 1.807) is 7.11 Å². The van der Waals surface area contributed by atoms with Crippen LogP contribution in [0.4, 0.5) is 0 Å². The molecule has 0 spiro atoms. The summed E-state index contributed by atoms with van der Waals surface area (Å²) in [6.07, 6.45) is 0.347. The van der Waals surface area contributed by atoms with E-state index in [0.717, 1.165) is 11.5 Å². The molecule has 5 heteroatoms. The summed E-state index contributed by atoms with van der Waals surface area (Å²) in [6, 6.07) is 17.5. The van der Waals surface area contributed by atoms with Crippen molar-refractivity contribution in [3.8, 4) is 11.5 Å². The Morgan fingerprint density at radius 2 is 1.76 bits per heavy atom. The van der Waals surface area contributed by atoms with Gasteiger partial charge in [0, 0.05) is 25.0 Å². The van der Waals surface area contributed by atoms with E-state index in [9.17, 15) is 4.79 Å². The Bertz CT molecular complexity index is 688. The molecular formula is C20H24N2O3. The molecule has 1 fully saturated rings. The fourth-order valence-electron chi connectivity index (χ4n) is 3.17. The second-order valence-corrected chi connectivity index (χ2v) is 6.25. The Labute approximate surface area is 148 Å². The predicted octanol–water partition coefficient (Wildman–Crippen LogP) is 2.42. The van der Waals surface area contributed by atoms with Gasteiger partial charge in [-0.3, -0.25) is 4.79 Å². The number of hydrogen-bond donors (Lipinski definition) is 1. The van der Waals surface area contributed by atoms with E-state index in [4.69, 9.17) is 15.2 Å².